The molecule has 7 heteroatoms. The van der Waals surface area contributed by atoms with Crippen molar-refractivity contribution in [3.63, 3.8) is 0 Å². The first kappa shape index (κ1) is 18.2. The molecule has 1 amide bonds. The first-order valence-corrected chi connectivity index (χ1v) is 9.52. The zero-order valence-corrected chi connectivity index (χ0v) is 16.0. The molecule has 1 aromatic heterocycles. The molecule has 3 aromatic rings. The lowest BCUT2D eigenvalue weighted by Gasteiger charge is -2.13. The second-order valence-corrected chi connectivity index (χ2v) is 7.58. The third-order valence-corrected chi connectivity index (χ3v) is 5.43. The number of furan rings is 1. The Hall–Kier alpha value is -3.16. The molecule has 28 heavy (non-hydrogen) atoms. The van der Waals surface area contributed by atoms with E-state index in [1.807, 2.05) is 30.3 Å². The molecule has 1 aliphatic rings. The van der Waals surface area contributed by atoms with Crippen molar-refractivity contribution in [2.24, 2.45) is 0 Å². The molecule has 0 saturated carbocycles. The van der Waals surface area contributed by atoms with Crippen LogP contribution in [0.1, 0.15) is 16.1 Å². The molecule has 1 N–H and O–H groups in total. The summed E-state index contributed by atoms with van der Waals surface area (Å²) >= 11 is 6.55. The van der Waals surface area contributed by atoms with Crippen LogP contribution >= 0.6 is 24.0 Å². The smallest absolute Gasteiger partial charge is 0.336 e. The van der Waals surface area contributed by atoms with Crippen LogP contribution in [0.4, 0.5) is 5.69 Å². The van der Waals surface area contributed by atoms with E-state index in [2.05, 4.69) is 0 Å². The van der Waals surface area contributed by atoms with E-state index in [1.165, 1.54) is 22.7 Å². The topological polar surface area (TPSA) is 70.8 Å². The molecule has 2 heterocycles. The summed E-state index contributed by atoms with van der Waals surface area (Å²) in [6.07, 6.45) is 1.62. The summed E-state index contributed by atoms with van der Waals surface area (Å²) < 4.78 is 6.23. The largest absolute Gasteiger partial charge is 0.478 e. The van der Waals surface area contributed by atoms with Gasteiger partial charge in [0.25, 0.3) is 5.91 Å². The van der Waals surface area contributed by atoms with Crippen molar-refractivity contribution >= 4 is 51.9 Å². The first-order chi connectivity index (χ1) is 13.5. The van der Waals surface area contributed by atoms with Crippen LogP contribution in [0.3, 0.4) is 0 Å². The minimum Gasteiger partial charge on any atom is -0.478 e. The monoisotopic (exact) mass is 407 g/mol. The Morgan fingerprint density at radius 1 is 1.04 bits per heavy atom. The van der Waals surface area contributed by atoms with Crippen molar-refractivity contribution in [2.75, 3.05) is 4.90 Å². The molecular formula is C21H13NO4S2. The second kappa shape index (κ2) is 7.46. The highest BCUT2D eigenvalue weighted by atomic mass is 32.2. The highest BCUT2D eigenvalue weighted by Crippen LogP contribution is 2.36. The number of thioether (sulfide) groups is 1. The molecule has 0 radical (unpaired) electrons. The van der Waals surface area contributed by atoms with Crippen LogP contribution in [0.2, 0.25) is 0 Å². The zero-order valence-electron chi connectivity index (χ0n) is 14.4. The average molecular weight is 407 g/mol. The van der Waals surface area contributed by atoms with E-state index in [-0.39, 0.29) is 11.5 Å². The predicted molar refractivity (Wildman–Crippen MR) is 113 cm³/mol. The maximum Gasteiger partial charge on any atom is 0.336 e. The fourth-order valence-corrected chi connectivity index (χ4v) is 4.14. The van der Waals surface area contributed by atoms with Gasteiger partial charge in [-0.1, -0.05) is 60.4 Å². The number of carboxylic acids is 1. The Morgan fingerprint density at radius 3 is 2.50 bits per heavy atom. The van der Waals surface area contributed by atoms with E-state index in [0.717, 1.165) is 0 Å². The van der Waals surface area contributed by atoms with Crippen LogP contribution in [0.5, 0.6) is 0 Å². The number of anilines is 1. The summed E-state index contributed by atoms with van der Waals surface area (Å²) in [6.45, 7) is 0. The Labute approximate surface area is 170 Å². The lowest BCUT2D eigenvalue weighted by Crippen LogP contribution is -2.27. The van der Waals surface area contributed by atoms with Gasteiger partial charge in [-0.3, -0.25) is 9.69 Å². The Bertz CT molecular complexity index is 1120. The molecular weight excluding hydrogens is 394 g/mol. The molecule has 1 fully saturated rings. The van der Waals surface area contributed by atoms with Gasteiger partial charge in [-0.2, -0.15) is 0 Å². The molecule has 2 aromatic carbocycles. The summed E-state index contributed by atoms with van der Waals surface area (Å²) in [6, 6.07) is 19.2. The lowest BCUT2D eigenvalue weighted by atomic mass is 10.1. The van der Waals surface area contributed by atoms with E-state index in [9.17, 15) is 14.7 Å². The number of benzene rings is 2. The van der Waals surface area contributed by atoms with E-state index < -0.39 is 5.97 Å². The van der Waals surface area contributed by atoms with Crippen LogP contribution in [0, 0.1) is 0 Å². The lowest BCUT2D eigenvalue weighted by molar-refractivity contribution is -0.113. The zero-order chi connectivity index (χ0) is 19.7. The number of hydrogen-bond acceptors (Lipinski definition) is 5. The van der Waals surface area contributed by atoms with Gasteiger partial charge in [0.1, 0.15) is 11.5 Å². The van der Waals surface area contributed by atoms with E-state index in [4.69, 9.17) is 16.6 Å². The van der Waals surface area contributed by atoms with E-state index in [1.54, 1.807) is 36.4 Å². The number of amides is 1. The SMILES string of the molecule is O=C(O)c1ccccc1-c1ccc(/C=C2/SC(=S)N(c3ccccc3)C2=O)o1. The standard InChI is InChI=1S/C21H13NO4S2/c23-19-18(28-21(27)22(19)13-6-2-1-3-7-13)12-14-10-11-17(26-14)15-8-4-5-9-16(15)20(24)25/h1-12H,(H,24,25)/b18-12+. The van der Waals surface area contributed by atoms with Gasteiger partial charge in [0.05, 0.1) is 16.2 Å². The molecule has 0 spiro atoms. The third-order valence-electron chi connectivity index (χ3n) is 4.13. The highest BCUT2D eigenvalue weighted by molar-refractivity contribution is 8.27. The Kier molecular flexibility index (Phi) is 4.85. The summed E-state index contributed by atoms with van der Waals surface area (Å²) in [5.74, 6) is -0.381. The van der Waals surface area contributed by atoms with Gasteiger partial charge < -0.3 is 9.52 Å². The van der Waals surface area contributed by atoms with Crippen LogP contribution < -0.4 is 4.90 Å². The van der Waals surface area contributed by atoms with Crippen molar-refractivity contribution in [1.29, 1.82) is 0 Å². The number of carbonyl (C=O) groups excluding carboxylic acids is 1. The van der Waals surface area contributed by atoms with Crippen molar-refractivity contribution in [3.8, 4) is 11.3 Å². The molecule has 0 aliphatic carbocycles. The number of aromatic carboxylic acids is 1. The van der Waals surface area contributed by atoms with Gasteiger partial charge in [-0.15, -0.1) is 0 Å². The van der Waals surface area contributed by atoms with Crippen molar-refractivity contribution in [2.45, 2.75) is 0 Å². The quantitative estimate of drug-likeness (QED) is 0.482. The first-order valence-electron chi connectivity index (χ1n) is 8.30. The molecule has 4 rings (SSSR count). The van der Waals surface area contributed by atoms with E-state index >= 15 is 0 Å². The Balaban J connectivity index is 1.64. The maximum atomic E-state index is 12.8. The molecule has 0 atom stereocenters. The van der Waals surface area contributed by atoms with Gasteiger partial charge >= 0.3 is 5.97 Å². The number of thiocarbonyl (C=S) groups is 1. The minimum atomic E-state index is -1.03. The van der Waals surface area contributed by atoms with Gasteiger partial charge in [-0.05, 0) is 30.3 Å². The summed E-state index contributed by atoms with van der Waals surface area (Å²) in [5, 5.41) is 9.34. The number of carbonyl (C=O) groups is 2. The van der Waals surface area contributed by atoms with Gasteiger partial charge in [-0.25, -0.2) is 4.79 Å². The molecule has 5 nitrogen and oxygen atoms in total. The van der Waals surface area contributed by atoms with Gasteiger partial charge in [0.15, 0.2) is 4.32 Å². The normalized spacial score (nSPS) is 15.4. The number of para-hydroxylation sites is 1. The van der Waals surface area contributed by atoms with Crippen molar-refractivity contribution in [3.05, 3.63) is 83.0 Å². The Morgan fingerprint density at radius 2 is 1.75 bits per heavy atom. The molecule has 0 bridgehead atoms. The third kappa shape index (κ3) is 3.37. The summed E-state index contributed by atoms with van der Waals surface area (Å²) in [4.78, 5) is 26.1. The fraction of sp³-hybridized carbons (Fsp3) is 0. The second-order valence-electron chi connectivity index (χ2n) is 5.91. The van der Waals surface area contributed by atoms with Crippen molar-refractivity contribution < 1.29 is 19.1 Å². The number of carboxylic acid groups (broad SMARTS) is 1. The molecule has 138 valence electrons. The molecule has 1 aliphatic heterocycles. The van der Waals surface area contributed by atoms with Crippen LogP contribution in [-0.2, 0) is 4.79 Å². The number of hydrogen-bond donors (Lipinski definition) is 1. The number of nitrogens with zero attached hydrogens (tertiary/aromatic N) is 1. The van der Waals surface area contributed by atoms with Gasteiger partial charge in [0, 0.05) is 11.6 Å². The predicted octanol–water partition coefficient (Wildman–Crippen LogP) is 5.05. The fourth-order valence-electron chi connectivity index (χ4n) is 2.86. The minimum absolute atomic E-state index is 0.152. The summed E-state index contributed by atoms with van der Waals surface area (Å²) in [7, 11) is 0. The van der Waals surface area contributed by atoms with E-state index in [0.29, 0.717) is 32.0 Å². The molecule has 1 saturated heterocycles. The van der Waals surface area contributed by atoms with Gasteiger partial charge in [0.2, 0.25) is 0 Å². The van der Waals surface area contributed by atoms with Crippen LogP contribution in [0.25, 0.3) is 17.4 Å². The molecule has 0 unspecified atom stereocenters. The maximum absolute atomic E-state index is 12.8. The van der Waals surface area contributed by atoms with Crippen molar-refractivity contribution in [1.82, 2.24) is 0 Å². The van der Waals surface area contributed by atoms with Crippen LogP contribution in [-0.4, -0.2) is 21.3 Å². The summed E-state index contributed by atoms with van der Waals surface area (Å²) in [5.41, 5.74) is 1.34. The average Bonchev–Trinajstić information content (AvgIpc) is 3.27. The highest BCUT2D eigenvalue weighted by Gasteiger charge is 2.33. The number of rotatable bonds is 4. The van der Waals surface area contributed by atoms with Crippen LogP contribution in [0.15, 0.2) is 76.1 Å².